The summed E-state index contributed by atoms with van der Waals surface area (Å²) in [5.41, 5.74) is 2.38. The topological polar surface area (TPSA) is 97.4 Å². The van der Waals surface area contributed by atoms with Gasteiger partial charge in [-0.2, -0.15) is 0 Å². The van der Waals surface area contributed by atoms with Crippen LogP contribution in [-0.2, 0) is 14.8 Å². The van der Waals surface area contributed by atoms with Gasteiger partial charge in [-0.3, -0.25) is 4.98 Å². The monoisotopic (exact) mass is 527 g/mol. The Morgan fingerprint density at radius 2 is 2.05 bits per heavy atom. The number of halogens is 1. The van der Waals surface area contributed by atoms with Crippen molar-refractivity contribution in [1.29, 1.82) is 0 Å². The van der Waals surface area contributed by atoms with E-state index in [2.05, 4.69) is 21.1 Å². The molecule has 9 heteroatoms. The fourth-order valence-corrected chi connectivity index (χ4v) is 8.36. The van der Waals surface area contributed by atoms with E-state index in [-0.39, 0.29) is 35.8 Å². The lowest BCUT2D eigenvalue weighted by Crippen LogP contribution is -2.50. The highest BCUT2D eigenvalue weighted by Crippen LogP contribution is 2.51. The van der Waals surface area contributed by atoms with Crippen LogP contribution in [0.25, 0.3) is 17.2 Å². The number of carbonyl (C=O) groups is 1. The normalized spacial score (nSPS) is 32.5. The maximum Gasteiger partial charge on any atom is 0.407 e. The summed E-state index contributed by atoms with van der Waals surface area (Å²) in [6, 6.07) is 10.2. The first-order valence-electron chi connectivity index (χ1n) is 13.1. The minimum Gasteiger partial charge on any atom is -0.450 e. The van der Waals surface area contributed by atoms with E-state index in [9.17, 15) is 17.6 Å². The standard InChI is InChI=1S/C28H34FN3O4S/c1-3-36-28(33)31-23-10-11-24-20(14-23)15-26-27(17(2)37(34,35)32-26)25(24)12-9-22-8-7-19(16-30-22)18-5-4-6-21(29)13-18/h4-9,12-13,16-17,20,23-27,32H,3,10-11,14-15H2,1-2H3,(H,31,33)/t17-,20+,23-,24-,25+,26-,27+/m1/s1. The van der Waals surface area contributed by atoms with Crippen LogP contribution in [0.1, 0.15) is 45.2 Å². The molecule has 5 rings (SSSR count). The second-order valence-electron chi connectivity index (χ2n) is 10.5. The van der Waals surface area contributed by atoms with Crippen LogP contribution in [0.5, 0.6) is 0 Å². The maximum atomic E-state index is 13.6. The van der Waals surface area contributed by atoms with E-state index in [1.54, 1.807) is 19.2 Å². The first-order chi connectivity index (χ1) is 17.7. The summed E-state index contributed by atoms with van der Waals surface area (Å²) in [4.78, 5) is 16.5. The first-order valence-corrected chi connectivity index (χ1v) is 14.6. The number of allylic oxidation sites excluding steroid dienone is 1. The Kier molecular flexibility index (Phi) is 7.36. The molecular weight excluding hydrogens is 493 g/mol. The lowest BCUT2D eigenvalue weighted by molar-refractivity contribution is 0.0539. The molecule has 0 bridgehead atoms. The number of hydrogen-bond acceptors (Lipinski definition) is 5. The van der Waals surface area contributed by atoms with Crippen molar-refractivity contribution in [3.8, 4) is 11.1 Å². The number of carbonyl (C=O) groups excluding carboxylic acids is 1. The summed E-state index contributed by atoms with van der Waals surface area (Å²) in [6.45, 7) is 3.93. The van der Waals surface area contributed by atoms with Crippen LogP contribution in [-0.4, -0.2) is 43.4 Å². The molecule has 198 valence electrons. The minimum absolute atomic E-state index is 0.0105. The SMILES string of the molecule is CCOC(=O)N[C@@H]1CC[C@@H]2[C@@H](C1)C[C@H]1NS(=O)(=O)[C@H](C)[C@H]1[C@H]2C=Cc1ccc(-c2cccc(F)c2)cn1. The minimum atomic E-state index is -3.37. The molecule has 1 saturated heterocycles. The summed E-state index contributed by atoms with van der Waals surface area (Å²) >= 11 is 0. The van der Waals surface area contributed by atoms with Gasteiger partial charge in [-0.1, -0.05) is 24.3 Å². The lowest BCUT2D eigenvalue weighted by atomic mass is 9.58. The molecule has 0 spiro atoms. The van der Waals surface area contributed by atoms with Crippen molar-refractivity contribution < 1.29 is 22.3 Å². The van der Waals surface area contributed by atoms with Crippen molar-refractivity contribution in [3.63, 3.8) is 0 Å². The number of fused-ring (bicyclic) bond motifs is 2. The predicted molar refractivity (Wildman–Crippen MR) is 140 cm³/mol. The molecule has 3 fully saturated rings. The lowest BCUT2D eigenvalue weighted by Gasteiger charge is -2.48. The molecule has 1 aliphatic heterocycles. The van der Waals surface area contributed by atoms with Crippen molar-refractivity contribution in [2.75, 3.05) is 6.61 Å². The molecule has 2 heterocycles. The number of nitrogens with zero attached hydrogens (tertiary/aromatic N) is 1. The van der Waals surface area contributed by atoms with Crippen LogP contribution in [0.2, 0.25) is 0 Å². The number of amides is 1. The second-order valence-corrected chi connectivity index (χ2v) is 12.6. The van der Waals surface area contributed by atoms with Crippen molar-refractivity contribution in [3.05, 3.63) is 60.2 Å². The zero-order valence-corrected chi connectivity index (χ0v) is 22.0. The van der Waals surface area contributed by atoms with Gasteiger partial charge >= 0.3 is 6.09 Å². The van der Waals surface area contributed by atoms with Crippen molar-refractivity contribution in [1.82, 2.24) is 15.0 Å². The average Bonchev–Trinajstić information content (AvgIpc) is 3.09. The van der Waals surface area contributed by atoms with E-state index < -0.39 is 15.3 Å². The Balaban J connectivity index is 1.36. The third-order valence-corrected chi connectivity index (χ3v) is 10.3. The molecule has 1 amide bonds. The summed E-state index contributed by atoms with van der Waals surface area (Å²) in [6.07, 6.45) is 8.83. The first kappa shape index (κ1) is 25.9. The third-order valence-electron chi connectivity index (χ3n) is 8.38. The number of aromatic nitrogens is 1. The Morgan fingerprint density at radius 3 is 2.78 bits per heavy atom. The molecule has 7 nitrogen and oxygen atoms in total. The van der Waals surface area contributed by atoms with E-state index in [1.165, 1.54) is 12.1 Å². The Labute approximate surface area is 218 Å². The summed E-state index contributed by atoms with van der Waals surface area (Å²) < 4.78 is 47.2. The number of nitrogens with one attached hydrogen (secondary N) is 2. The molecule has 2 aliphatic carbocycles. The highest BCUT2D eigenvalue weighted by molar-refractivity contribution is 7.90. The molecule has 2 saturated carbocycles. The van der Waals surface area contributed by atoms with Gasteiger partial charge in [0.25, 0.3) is 0 Å². The molecule has 3 aliphatic rings. The van der Waals surface area contributed by atoms with Gasteiger partial charge < -0.3 is 10.1 Å². The fourth-order valence-electron chi connectivity index (χ4n) is 6.69. The van der Waals surface area contributed by atoms with Gasteiger partial charge in [-0.15, -0.1) is 0 Å². The van der Waals surface area contributed by atoms with Gasteiger partial charge in [0, 0.05) is 23.8 Å². The molecule has 37 heavy (non-hydrogen) atoms. The highest BCUT2D eigenvalue weighted by Gasteiger charge is 2.54. The van der Waals surface area contributed by atoms with Gasteiger partial charge in [0.05, 0.1) is 17.6 Å². The van der Waals surface area contributed by atoms with Gasteiger partial charge in [0.2, 0.25) is 10.0 Å². The van der Waals surface area contributed by atoms with Crippen molar-refractivity contribution in [2.24, 2.45) is 23.7 Å². The fraction of sp³-hybridized carbons (Fsp3) is 0.500. The largest absolute Gasteiger partial charge is 0.450 e. The number of rotatable bonds is 5. The van der Waals surface area contributed by atoms with Crippen LogP contribution in [0.15, 0.2) is 48.7 Å². The van der Waals surface area contributed by atoms with Gasteiger partial charge in [-0.25, -0.2) is 22.3 Å². The summed E-state index contributed by atoms with van der Waals surface area (Å²) in [5, 5.41) is 2.52. The molecule has 1 aromatic heterocycles. The summed E-state index contributed by atoms with van der Waals surface area (Å²) in [7, 11) is -3.37. The molecule has 0 unspecified atom stereocenters. The second kappa shape index (κ2) is 10.5. The zero-order valence-electron chi connectivity index (χ0n) is 21.1. The number of benzene rings is 1. The smallest absolute Gasteiger partial charge is 0.407 e. The van der Waals surface area contributed by atoms with Crippen LogP contribution < -0.4 is 10.0 Å². The van der Waals surface area contributed by atoms with Crippen molar-refractivity contribution in [2.45, 2.75) is 56.9 Å². The van der Waals surface area contributed by atoms with Crippen LogP contribution in [0.4, 0.5) is 9.18 Å². The maximum absolute atomic E-state index is 13.6. The quantitative estimate of drug-likeness (QED) is 0.585. The molecule has 2 N–H and O–H groups in total. The van der Waals surface area contributed by atoms with E-state index >= 15 is 0 Å². The predicted octanol–water partition coefficient (Wildman–Crippen LogP) is 4.76. The highest BCUT2D eigenvalue weighted by atomic mass is 32.2. The number of alkyl carbamates (subject to hydrolysis) is 1. The van der Waals surface area contributed by atoms with Crippen LogP contribution >= 0.6 is 0 Å². The van der Waals surface area contributed by atoms with Gasteiger partial charge in [-0.05, 0) is 93.0 Å². The third kappa shape index (κ3) is 5.43. The number of sulfonamides is 1. The number of hydrogen-bond donors (Lipinski definition) is 2. The van der Waals surface area contributed by atoms with E-state index in [4.69, 9.17) is 4.74 Å². The zero-order chi connectivity index (χ0) is 26.2. The van der Waals surface area contributed by atoms with Crippen molar-refractivity contribution >= 4 is 22.2 Å². The average molecular weight is 528 g/mol. The number of pyridine rings is 1. The molecule has 0 radical (unpaired) electrons. The molecule has 2 aromatic rings. The Morgan fingerprint density at radius 1 is 1.22 bits per heavy atom. The van der Waals surface area contributed by atoms with Gasteiger partial charge in [0.1, 0.15) is 5.82 Å². The molecular formula is C28H34FN3O4S. The van der Waals surface area contributed by atoms with E-state index in [0.717, 1.165) is 42.5 Å². The Bertz CT molecular complexity index is 1270. The Hall–Kier alpha value is -2.78. The van der Waals surface area contributed by atoms with Gasteiger partial charge in [0.15, 0.2) is 0 Å². The van der Waals surface area contributed by atoms with E-state index in [0.29, 0.717) is 18.4 Å². The van der Waals surface area contributed by atoms with Crippen LogP contribution in [0.3, 0.4) is 0 Å². The number of ether oxygens (including phenoxy) is 1. The van der Waals surface area contributed by atoms with Crippen LogP contribution in [0, 0.1) is 29.5 Å². The molecule has 1 aromatic carbocycles. The van der Waals surface area contributed by atoms with E-state index in [1.807, 2.05) is 31.2 Å². The summed E-state index contributed by atoms with van der Waals surface area (Å²) in [5.74, 6) is 0.416. The molecule has 7 atom stereocenters.